The monoisotopic (exact) mass is 733 g/mol. The molecule has 1 aromatic heterocycles. The lowest BCUT2D eigenvalue weighted by Gasteiger charge is -2.47. The molecule has 5 aliphatic heterocycles. The second-order valence-electron chi connectivity index (χ2n) is 15.8. The largest absolute Gasteiger partial charge is 0.507 e. The summed E-state index contributed by atoms with van der Waals surface area (Å²) in [6.45, 7) is 6.69. The van der Waals surface area contributed by atoms with Crippen molar-refractivity contribution in [1.29, 1.82) is 0 Å². The van der Waals surface area contributed by atoms with Crippen molar-refractivity contribution < 1.29 is 24.3 Å². The van der Waals surface area contributed by atoms with Crippen LogP contribution in [0.25, 0.3) is 11.3 Å². The minimum absolute atomic E-state index is 0.105. The average molecular weight is 734 g/mol. The first-order valence-electron chi connectivity index (χ1n) is 19.5. The number of aromatic hydroxyl groups is 1. The van der Waals surface area contributed by atoms with Crippen molar-refractivity contribution in [3.63, 3.8) is 0 Å². The molecule has 0 radical (unpaired) electrons. The van der Waals surface area contributed by atoms with E-state index in [1.807, 2.05) is 24.3 Å². The number of piperazine rings is 1. The molecule has 1 unspecified atom stereocenters. The lowest BCUT2D eigenvalue weighted by Crippen LogP contribution is -2.58. The van der Waals surface area contributed by atoms with Crippen LogP contribution in [0, 0.1) is 5.92 Å². The molecule has 6 aliphatic rings. The minimum Gasteiger partial charge on any atom is -0.507 e. The van der Waals surface area contributed by atoms with Gasteiger partial charge in [-0.1, -0.05) is 12.1 Å². The van der Waals surface area contributed by atoms with E-state index < -0.39 is 23.8 Å². The number of para-hydroxylation sites is 1. The number of phenols is 1. The Morgan fingerprint density at radius 1 is 0.796 bits per heavy atom. The summed E-state index contributed by atoms with van der Waals surface area (Å²) in [6, 6.07) is 15.1. The smallest absolute Gasteiger partial charge is 0.262 e. The number of fused-ring (bicyclic) bond motifs is 4. The van der Waals surface area contributed by atoms with Crippen molar-refractivity contribution >= 4 is 40.8 Å². The fraction of sp³-hybridized carbons (Fsp3) is 0.500. The van der Waals surface area contributed by atoms with E-state index in [-0.39, 0.29) is 24.5 Å². The Morgan fingerprint density at radius 3 is 2.37 bits per heavy atom. The molecule has 9 rings (SSSR count). The van der Waals surface area contributed by atoms with E-state index in [2.05, 4.69) is 46.9 Å². The molecule has 0 bridgehead atoms. The maximum absolute atomic E-state index is 13.3. The predicted molar refractivity (Wildman–Crippen MR) is 202 cm³/mol. The molecule has 2 atom stereocenters. The van der Waals surface area contributed by atoms with Crippen LogP contribution >= 0.6 is 0 Å². The molecule has 2 aromatic carbocycles. The number of rotatable bonds is 7. The van der Waals surface area contributed by atoms with Gasteiger partial charge in [0.25, 0.3) is 11.8 Å². The SMILES string of the molecule is O=C1CCC(N2C(=O)c3ccc(N4CCC(NC5CCC(CN6CCN7c8cc(-c9ccccc9O)nnc8NC[C@H]7C6)CC5)CC4)cc3C2=O)C(=O)N1. The second-order valence-corrected chi connectivity index (χ2v) is 15.8. The number of nitrogens with one attached hydrogen (secondary N) is 3. The number of aromatic nitrogens is 2. The predicted octanol–water partition coefficient (Wildman–Crippen LogP) is 2.98. The van der Waals surface area contributed by atoms with Gasteiger partial charge in [-0.25, -0.2) is 0 Å². The third kappa shape index (κ3) is 6.55. The maximum Gasteiger partial charge on any atom is 0.262 e. The third-order valence-corrected chi connectivity index (χ3v) is 12.5. The zero-order chi connectivity index (χ0) is 36.9. The summed E-state index contributed by atoms with van der Waals surface area (Å²) in [5.74, 6) is -0.178. The van der Waals surface area contributed by atoms with Gasteiger partial charge in [0.1, 0.15) is 11.8 Å². The summed E-state index contributed by atoms with van der Waals surface area (Å²) in [7, 11) is 0. The number of carbonyl (C=O) groups excluding carboxylic acids is 4. The number of hydrogen-bond acceptors (Lipinski definition) is 12. The molecule has 4 fully saturated rings. The highest BCUT2D eigenvalue weighted by atomic mass is 16.3. The summed E-state index contributed by atoms with van der Waals surface area (Å²) >= 11 is 0. The first kappa shape index (κ1) is 34.7. The van der Waals surface area contributed by atoms with Crippen LogP contribution in [0.5, 0.6) is 5.75 Å². The van der Waals surface area contributed by atoms with Crippen LogP contribution in [0.15, 0.2) is 48.5 Å². The van der Waals surface area contributed by atoms with Crippen molar-refractivity contribution in [2.75, 3.05) is 60.9 Å². The minimum atomic E-state index is -0.956. The Kier molecular flexibility index (Phi) is 9.18. The van der Waals surface area contributed by atoms with E-state index in [1.165, 1.54) is 25.7 Å². The molecule has 4 amide bonds. The fourth-order valence-corrected chi connectivity index (χ4v) is 9.51. The van der Waals surface area contributed by atoms with Crippen LogP contribution < -0.4 is 25.8 Å². The molecule has 0 spiro atoms. The highest BCUT2D eigenvalue weighted by Crippen LogP contribution is 2.37. The van der Waals surface area contributed by atoms with Crippen molar-refractivity contribution in [3.05, 3.63) is 59.7 Å². The van der Waals surface area contributed by atoms with Gasteiger partial charge in [0.2, 0.25) is 11.8 Å². The van der Waals surface area contributed by atoms with Gasteiger partial charge in [-0.2, -0.15) is 0 Å². The van der Waals surface area contributed by atoms with Crippen molar-refractivity contribution in [3.8, 4) is 17.0 Å². The summed E-state index contributed by atoms with van der Waals surface area (Å²) < 4.78 is 0. The van der Waals surface area contributed by atoms with Crippen LogP contribution in [-0.2, 0) is 9.59 Å². The zero-order valence-corrected chi connectivity index (χ0v) is 30.4. The van der Waals surface area contributed by atoms with E-state index in [0.29, 0.717) is 46.4 Å². The number of benzene rings is 2. The molecule has 1 aliphatic carbocycles. The normalized spacial score (nSPS) is 26.3. The van der Waals surface area contributed by atoms with Gasteiger partial charge in [-0.05, 0) is 87.3 Å². The topological polar surface area (TPSA) is 163 Å². The van der Waals surface area contributed by atoms with E-state index in [1.54, 1.807) is 18.2 Å². The van der Waals surface area contributed by atoms with E-state index in [9.17, 15) is 24.3 Å². The Hall–Kier alpha value is -5.08. The highest BCUT2D eigenvalue weighted by molar-refractivity contribution is 6.23. The third-order valence-electron chi connectivity index (χ3n) is 12.5. The van der Waals surface area contributed by atoms with Crippen LogP contribution in [0.3, 0.4) is 0 Å². The second kappa shape index (κ2) is 14.3. The summed E-state index contributed by atoms with van der Waals surface area (Å²) in [6.07, 6.45) is 7.14. The van der Waals surface area contributed by atoms with Gasteiger partial charge in [0.15, 0.2) is 5.82 Å². The molecule has 3 aromatic rings. The molecule has 3 saturated heterocycles. The number of phenolic OH excluding ortho intramolecular Hbond substituents is 1. The molecule has 4 N–H and O–H groups in total. The lowest BCUT2D eigenvalue weighted by molar-refractivity contribution is -0.136. The van der Waals surface area contributed by atoms with Gasteiger partial charge in [0, 0.05) is 75.6 Å². The van der Waals surface area contributed by atoms with Crippen LogP contribution in [0.1, 0.15) is 72.1 Å². The highest BCUT2D eigenvalue weighted by Gasteiger charge is 2.45. The van der Waals surface area contributed by atoms with Gasteiger partial charge < -0.3 is 25.5 Å². The standard InChI is InChI=1S/C40H47N9O5/c50-35-4-2-1-3-30(35)32-20-34-37(45-44-32)41-21-28-23-46(17-18-48(28)34)22-24-5-7-25(8-6-24)42-26-13-15-47(16-14-26)27-9-10-29-31(19-27)40(54)49(39(29)53)33-11-12-36(51)43-38(33)52/h1-4,9-10,19-20,24-26,28,33,42,50H,5-8,11-18,21-23H2,(H,41,45)(H,43,51,52)/t24?,25?,28-,33?/m0/s1. The van der Waals surface area contributed by atoms with E-state index in [4.69, 9.17) is 0 Å². The molecule has 14 heteroatoms. The van der Waals surface area contributed by atoms with Gasteiger partial charge in [-0.3, -0.25) is 34.3 Å². The lowest BCUT2D eigenvalue weighted by atomic mass is 9.84. The molecule has 6 heterocycles. The molecule has 282 valence electrons. The molecule has 14 nitrogen and oxygen atoms in total. The molecule has 54 heavy (non-hydrogen) atoms. The summed E-state index contributed by atoms with van der Waals surface area (Å²) in [5.41, 5.74) is 4.00. The van der Waals surface area contributed by atoms with E-state index in [0.717, 1.165) is 80.7 Å². The van der Waals surface area contributed by atoms with Gasteiger partial charge in [0.05, 0.1) is 28.6 Å². The number of imide groups is 2. The van der Waals surface area contributed by atoms with Gasteiger partial charge in [-0.15, -0.1) is 10.2 Å². The number of amides is 4. The number of anilines is 3. The molecular weight excluding hydrogens is 686 g/mol. The first-order valence-corrected chi connectivity index (χ1v) is 19.5. The van der Waals surface area contributed by atoms with E-state index >= 15 is 0 Å². The Morgan fingerprint density at radius 2 is 1.57 bits per heavy atom. The average Bonchev–Trinajstić information content (AvgIpc) is 3.43. The number of hydrogen-bond donors (Lipinski definition) is 4. The maximum atomic E-state index is 13.3. The van der Waals surface area contributed by atoms with Crippen LogP contribution in [0.4, 0.5) is 17.2 Å². The summed E-state index contributed by atoms with van der Waals surface area (Å²) in [4.78, 5) is 58.9. The molecular formula is C40H47N9O5. The molecule has 1 saturated carbocycles. The Balaban J connectivity index is 0.731. The first-order chi connectivity index (χ1) is 26.3. The quantitative estimate of drug-likeness (QED) is 0.263. The van der Waals surface area contributed by atoms with Crippen LogP contribution in [-0.4, -0.2) is 119 Å². The number of nitrogens with zero attached hydrogens (tertiary/aromatic N) is 6. The van der Waals surface area contributed by atoms with Crippen molar-refractivity contribution in [2.24, 2.45) is 5.92 Å². The van der Waals surface area contributed by atoms with Crippen LogP contribution in [0.2, 0.25) is 0 Å². The zero-order valence-electron chi connectivity index (χ0n) is 30.4. The van der Waals surface area contributed by atoms with Gasteiger partial charge >= 0.3 is 0 Å². The fourth-order valence-electron chi connectivity index (χ4n) is 9.51. The number of carbonyl (C=O) groups is 4. The van der Waals surface area contributed by atoms with Crippen molar-refractivity contribution in [1.82, 2.24) is 30.6 Å². The van der Waals surface area contributed by atoms with Crippen molar-refractivity contribution in [2.45, 2.75) is 75.5 Å². The summed E-state index contributed by atoms with van der Waals surface area (Å²) in [5, 5.41) is 29.0. The Bertz CT molecular complexity index is 1970. The Labute approximate surface area is 314 Å². The number of piperidine rings is 2.